The summed E-state index contributed by atoms with van der Waals surface area (Å²) in [6.07, 6.45) is 0. The van der Waals surface area contributed by atoms with Crippen molar-refractivity contribution in [1.82, 2.24) is 0 Å². The summed E-state index contributed by atoms with van der Waals surface area (Å²) in [5.41, 5.74) is 5.87. The zero-order chi connectivity index (χ0) is 25.2. The molecule has 6 rings (SSSR count). The van der Waals surface area contributed by atoms with E-state index in [1.807, 2.05) is 22.7 Å². The highest BCUT2D eigenvalue weighted by Crippen LogP contribution is 2.41. The first-order valence-corrected chi connectivity index (χ1v) is 16.9. The fraction of sp³-hybridized carbons (Fsp3) is 0.273. The molecule has 0 aliphatic rings. The van der Waals surface area contributed by atoms with E-state index in [1.54, 1.807) is 0 Å². The van der Waals surface area contributed by atoms with E-state index in [0.717, 1.165) is 0 Å². The van der Waals surface area contributed by atoms with Crippen molar-refractivity contribution in [2.24, 2.45) is 0 Å². The van der Waals surface area contributed by atoms with E-state index in [0.29, 0.717) is 16.6 Å². The molecule has 0 N–H and O–H groups in total. The zero-order valence-electron chi connectivity index (χ0n) is 21.9. The number of hydrogen-bond acceptors (Lipinski definition) is 2. The smallest absolute Gasteiger partial charge is 0.144 e. The minimum Gasteiger partial charge on any atom is -0.144 e. The molecule has 0 bridgehead atoms. The molecule has 0 fully saturated rings. The molecule has 0 amide bonds. The lowest BCUT2D eigenvalue weighted by atomic mass is 9.96. The molecule has 0 unspecified atom stereocenters. The monoisotopic (exact) mass is 520 g/mol. The van der Waals surface area contributed by atoms with Crippen LogP contribution in [0, 0.1) is 11.5 Å². The van der Waals surface area contributed by atoms with Crippen molar-refractivity contribution in [1.29, 1.82) is 0 Å². The van der Waals surface area contributed by atoms with E-state index in [2.05, 4.69) is 119 Å². The summed E-state index contributed by atoms with van der Waals surface area (Å²) in [5.74, 6) is 3.68. The standard InChI is InChI=1S/C33H32S2Si/c1-20(2)36(21(3)4,22(5)6)14-12-27-15-26-17-31-24(19-33(26)35-27)8-10-28-29(31)9-7-23-18-32-25(11-13-34-32)16-30(23)28/h7-11,13,15-22H,1-6H3. The largest absolute Gasteiger partial charge is 0.146 e. The average Bonchev–Trinajstić information content (AvgIpc) is 3.46. The molecule has 0 atom stereocenters. The van der Waals surface area contributed by atoms with Gasteiger partial charge in [0.15, 0.2) is 0 Å². The summed E-state index contributed by atoms with van der Waals surface area (Å²) in [4.78, 5) is 1.20. The van der Waals surface area contributed by atoms with Crippen molar-refractivity contribution < 1.29 is 0 Å². The van der Waals surface area contributed by atoms with Crippen LogP contribution in [0.5, 0.6) is 0 Å². The van der Waals surface area contributed by atoms with Crippen LogP contribution in [0.2, 0.25) is 16.6 Å². The van der Waals surface area contributed by atoms with E-state index < -0.39 is 8.07 Å². The van der Waals surface area contributed by atoms with Gasteiger partial charge in [0.2, 0.25) is 0 Å². The molecule has 0 aliphatic heterocycles. The minimum atomic E-state index is -1.74. The van der Waals surface area contributed by atoms with E-state index in [1.165, 1.54) is 57.4 Å². The first-order chi connectivity index (χ1) is 17.3. The van der Waals surface area contributed by atoms with Crippen molar-refractivity contribution in [3.8, 4) is 11.5 Å². The zero-order valence-corrected chi connectivity index (χ0v) is 24.5. The molecule has 4 aromatic carbocycles. The molecule has 3 heteroatoms. The summed E-state index contributed by atoms with van der Waals surface area (Å²) < 4.78 is 2.69. The van der Waals surface area contributed by atoms with Gasteiger partial charge in [-0.25, -0.2) is 0 Å². The normalized spacial score (nSPS) is 12.7. The third-order valence-corrected chi connectivity index (χ3v) is 16.5. The maximum atomic E-state index is 3.91. The second-order valence-electron chi connectivity index (χ2n) is 11.1. The summed E-state index contributed by atoms with van der Waals surface area (Å²) in [7, 11) is -1.74. The summed E-state index contributed by atoms with van der Waals surface area (Å²) >= 11 is 3.66. The topological polar surface area (TPSA) is 0 Å². The minimum absolute atomic E-state index is 0.651. The molecule has 2 heterocycles. The molecule has 0 nitrogen and oxygen atoms in total. The van der Waals surface area contributed by atoms with Gasteiger partial charge in [-0.3, -0.25) is 0 Å². The van der Waals surface area contributed by atoms with Gasteiger partial charge in [0.05, 0.1) is 4.88 Å². The average molecular weight is 521 g/mol. The lowest BCUT2D eigenvalue weighted by molar-refractivity contribution is 0.838. The first kappa shape index (κ1) is 23.7. The summed E-state index contributed by atoms with van der Waals surface area (Å²) in [6, 6.07) is 23.2. The Kier molecular flexibility index (Phi) is 5.76. The van der Waals surface area contributed by atoms with Crippen LogP contribution in [0.15, 0.2) is 66.0 Å². The molecule has 0 saturated carbocycles. The second kappa shape index (κ2) is 8.73. The van der Waals surface area contributed by atoms with Gasteiger partial charge in [0, 0.05) is 9.40 Å². The molecule has 180 valence electrons. The van der Waals surface area contributed by atoms with Crippen LogP contribution >= 0.6 is 22.7 Å². The SMILES string of the molecule is CC(C)[Si](C#Cc1cc2cc3c(ccc4c5cc6ccsc6cc5ccc34)cc2s1)(C(C)C)C(C)C. The number of rotatable bonds is 3. The Morgan fingerprint density at radius 3 is 1.78 bits per heavy atom. The Hall–Kier alpha value is -2.64. The van der Waals surface area contributed by atoms with Gasteiger partial charge in [-0.1, -0.05) is 71.7 Å². The maximum Gasteiger partial charge on any atom is 0.146 e. The molecule has 6 aromatic rings. The van der Waals surface area contributed by atoms with Crippen molar-refractivity contribution >= 4 is 83.2 Å². The van der Waals surface area contributed by atoms with Crippen LogP contribution in [0.3, 0.4) is 0 Å². The van der Waals surface area contributed by atoms with Crippen molar-refractivity contribution in [2.45, 2.75) is 58.2 Å². The molecular formula is C33H32S2Si. The molecule has 2 aromatic heterocycles. The first-order valence-electron chi connectivity index (χ1n) is 13.0. The van der Waals surface area contributed by atoms with Gasteiger partial charge in [0.25, 0.3) is 0 Å². The number of benzene rings is 4. The van der Waals surface area contributed by atoms with E-state index >= 15 is 0 Å². The van der Waals surface area contributed by atoms with Gasteiger partial charge < -0.3 is 0 Å². The fourth-order valence-corrected chi connectivity index (χ4v) is 13.6. The highest BCUT2D eigenvalue weighted by molar-refractivity contribution is 7.19. The predicted molar refractivity (Wildman–Crippen MR) is 168 cm³/mol. The fourth-order valence-electron chi connectivity index (χ4n) is 6.53. The van der Waals surface area contributed by atoms with Crippen LogP contribution in [-0.2, 0) is 0 Å². The van der Waals surface area contributed by atoms with E-state index in [4.69, 9.17) is 0 Å². The Morgan fingerprint density at radius 1 is 0.583 bits per heavy atom. The van der Waals surface area contributed by atoms with Crippen molar-refractivity contribution in [3.05, 3.63) is 70.9 Å². The number of thiophene rings is 2. The second-order valence-corrected chi connectivity index (χ2v) is 18.7. The van der Waals surface area contributed by atoms with Gasteiger partial charge in [-0.15, -0.1) is 28.2 Å². The quantitative estimate of drug-likeness (QED) is 0.124. The van der Waals surface area contributed by atoms with Gasteiger partial charge in [0.1, 0.15) is 8.07 Å². The van der Waals surface area contributed by atoms with Crippen LogP contribution < -0.4 is 0 Å². The van der Waals surface area contributed by atoms with Crippen molar-refractivity contribution in [3.63, 3.8) is 0 Å². The van der Waals surface area contributed by atoms with Crippen molar-refractivity contribution in [2.75, 3.05) is 0 Å². The highest BCUT2D eigenvalue weighted by atomic mass is 32.1. The Bertz CT molecular complexity index is 1810. The number of hydrogen-bond donors (Lipinski definition) is 0. The van der Waals surface area contributed by atoms with E-state index in [9.17, 15) is 0 Å². The predicted octanol–water partition coefficient (Wildman–Crippen LogP) is 11.1. The number of fused-ring (bicyclic) bond motifs is 7. The molecular weight excluding hydrogens is 489 g/mol. The summed E-state index contributed by atoms with van der Waals surface area (Å²) in [6.45, 7) is 14.3. The van der Waals surface area contributed by atoms with Crippen LogP contribution in [-0.4, -0.2) is 8.07 Å². The molecule has 0 spiro atoms. The van der Waals surface area contributed by atoms with Gasteiger partial charge >= 0.3 is 0 Å². The Morgan fingerprint density at radius 2 is 1.17 bits per heavy atom. The third-order valence-electron chi connectivity index (χ3n) is 8.31. The van der Waals surface area contributed by atoms with Gasteiger partial charge in [-0.2, -0.15) is 0 Å². The molecule has 0 radical (unpaired) electrons. The Labute approximate surface area is 223 Å². The van der Waals surface area contributed by atoms with E-state index in [-0.39, 0.29) is 0 Å². The van der Waals surface area contributed by atoms with Crippen LogP contribution in [0.4, 0.5) is 0 Å². The third kappa shape index (κ3) is 3.62. The molecule has 0 aliphatic carbocycles. The van der Waals surface area contributed by atoms with Gasteiger partial charge in [-0.05, 0) is 101 Å². The summed E-state index contributed by atoms with van der Waals surface area (Å²) in [5, 5.41) is 12.8. The lowest BCUT2D eigenvalue weighted by Gasteiger charge is -2.38. The Balaban J connectivity index is 1.52. The molecule has 0 saturated heterocycles. The highest BCUT2D eigenvalue weighted by Gasteiger charge is 2.41. The van der Waals surface area contributed by atoms with Crippen LogP contribution in [0.1, 0.15) is 46.4 Å². The van der Waals surface area contributed by atoms with Crippen LogP contribution in [0.25, 0.3) is 52.5 Å². The maximum absolute atomic E-state index is 3.91. The lowest BCUT2D eigenvalue weighted by Crippen LogP contribution is -2.43. The molecule has 36 heavy (non-hydrogen) atoms.